The number of ketones is 1. The summed E-state index contributed by atoms with van der Waals surface area (Å²) in [6.07, 6.45) is 3.06. The smallest absolute Gasteiger partial charge is 0.343 e. The van der Waals surface area contributed by atoms with E-state index in [0.717, 1.165) is 10.5 Å². The van der Waals surface area contributed by atoms with Crippen molar-refractivity contribution in [2.24, 2.45) is 11.8 Å². The fourth-order valence-electron chi connectivity index (χ4n) is 4.81. The van der Waals surface area contributed by atoms with Gasteiger partial charge < -0.3 is 9.47 Å². The zero-order valence-corrected chi connectivity index (χ0v) is 21.2. The SMILES string of the molecule is CC1=CCC2C(=O)N(c3cccc(C(=O)OCC(=O)c4ccc(OC(=O)c5ccccc5)cc4)c3)C(=O)C2C1. The molecular formula is C31H25NO7. The molecule has 1 fully saturated rings. The molecule has 2 atom stereocenters. The maximum Gasteiger partial charge on any atom is 0.343 e. The van der Waals surface area contributed by atoms with Crippen LogP contribution in [0.5, 0.6) is 5.75 Å². The number of carbonyl (C=O) groups excluding carboxylic acids is 5. The van der Waals surface area contributed by atoms with Crippen molar-refractivity contribution < 1.29 is 33.4 Å². The zero-order valence-electron chi connectivity index (χ0n) is 21.2. The van der Waals surface area contributed by atoms with Gasteiger partial charge in [0.1, 0.15) is 5.75 Å². The molecule has 0 saturated carbocycles. The van der Waals surface area contributed by atoms with Crippen molar-refractivity contribution in [3.8, 4) is 5.75 Å². The van der Waals surface area contributed by atoms with E-state index in [2.05, 4.69) is 0 Å². The van der Waals surface area contributed by atoms with Crippen LogP contribution in [0.25, 0.3) is 0 Å². The van der Waals surface area contributed by atoms with E-state index in [4.69, 9.17) is 9.47 Å². The average Bonchev–Trinajstić information content (AvgIpc) is 3.21. The monoisotopic (exact) mass is 523 g/mol. The van der Waals surface area contributed by atoms with Crippen LogP contribution in [-0.4, -0.2) is 36.1 Å². The fourth-order valence-corrected chi connectivity index (χ4v) is 4.81. The highest BCUT2D eigenvalue weighted by Gasteiger charge is 2.48. The highest BCUT2D eigenvalue weighted by atomic mass is 16.5. The van der Waals surface area contributed by atoms with Crippen molar-refractivity contribution in [2.75, 3.05) is 11.5 Å². The van der Waals surface area contributed by atoms with Crippen molar-refractivity contribution in [1.82, 2.24) is 0 Å². The van der Waals surface area contributed by atoms with Gasteiger partial charge in [-0.1, -0.05) is 35.9 Å². The zero-order chi connectivity index (χ0) is 27.5. The van der Waals surface area contributed by atoms with E-state index in [-0.39, 0.29) is 40.5 Å². The minimum atomic E-state index is -0.757. The molecule has 0 aromatic heterocycles. The Hall–Kier alpha value is -4.85. The van der Waals surface area contributed by atoms with Crippen LogP contribution in [0.4, 0.5) is 5.69 Å². The van der Waals surface area contributed by atoms with Crippen LogP contribution >= 0.6 is 0 Å². The third-order valence-electron chi connectivity index (χ3n) is 6.89. The molecule has 0 bridgehead atoms. The molecule has 0 N–H and O–H groups in total. The first-order valence-corrected chi connectivity index (χ1v) is 12.5. The highest BCUT2D eigenvalue weighted by Crippen LogP contribution is 2.39. The lowest BCUT2D eigenvalue weighted by Gasteiger charge is -2.18. The van der Waals surface area contributed by atoms with Crippen molar-refractivity contribution in [3.63, 3.8) is 0 Å². The number of allylic oxidation sites excluding steroid dienone is 2. The molecule has 5 rings (SSSR count). The topological polar surface area (TPSA) is 107 Å². The van der Waals surface area contributed by atoms with Crippen LogP contribution in [0.1, 0.15) is 50.8 Å². The highest BCUT2D eigenvalue weighted by molar-refractivity contribution is 6.22. The summed E-state index contributed by atoms with van der Waals surface area (Å²) >= 11 is 0. The number of amides is 2. The van der Waals surface area contributed by atoms with Gasteiger partial charge in [0, 0.05) is 5.56 Å². The maximum absolute atomic E-state index is 13.0. The molecule has 2 unspecified atom stereocenters. The first kappa shape index (κ1) is 25.8. The molecule has 2 aliphatic rings. The third-order valence-corrected chi connectivity index (χ3v) is 6.89. The molecule has 196 valence electrons. The van der Waals surface area contributed by atoms with Gasteiger partial charge in [-0.15, -0.1) is 0 Å². The van der Waals surface area contributed by atoms with Crippen LogP contribution < -0.4 is 9.64 Å². The Morgan fingerprint density at radius 2 is 1.49 bits per heavy atom. The number of benzene rings is 3. The Bertz CT molecular complexity index is 1490. The molecular weight excluding hydrogens is 498 g/mol. The maximum atomic E-state index is 13.0. The predicted octanol–water partition coefficient (Wildman–Crippen LogP) is 4.79. The molecule has 1 aliphatic heterocycles. The standard InChI is InChI=1S/C31H25NO7/c1-19-10-15-25-26(16-19)29(35)32(28(25)34)23-9-5-8-22(17-23)30(36)38-18-27(33)20-11-13-24(14-12-20)39-31(37)21-6-3-2-4-7-21/h2-14,17,25-26H,15-16,18H2,1H3. The van der Waals surface area contributed by atoms with E-state index in [1.807, 2.05) is 13.0 Å². The van der Waals surface area contributed by atoms with E-state index >= 15 is 0 Å². The Morgan fingerprint density at radius 1 is 0.795 bits per heavy atom. The first-order valence-electron chi connectivity index (χ1n) is 12.5. The molecule has 1 saturated heterocycles. The molecule has 1 aliphatic carbocycles. The van der Waals surface area contributed by atoms with Crippen LogP contribution in [0.3, 0.4) is 0 Å². The second-order valence-corrected chi connectivity index (χ2v) is 9.54. The van der Waals surface area contributed by atoms with Crippen molar-refractivity contribution >= 4 is 35.2 Å². The average molecular weight is 524 g/mol. The van der Waals surface area contributed by atoms with Crippen molar-refractivity contribution in [3.05, 3.63) is 107 Å². The molecule has 2 amide bonds. The largest absolute Gasteiger partial charge is 0.454 e. The van der Waals surface area contributed by atoms with E-state index < -0.39 is 24.3 Å². The van der Waals surface area contributed by atoms with Gasteiger partial charge in [-0.05, 0) is 74.4 Å². The van der Waals surface area contributed by atoms with E-state index in [9.17, 15) is 24.0 Å². The summed E-state index contributed by atoms with van der Waals surface area (Å²) in [7, 11) is 0. The van der Waals surface area contributed by atoms with Gasteiger partial charge in [0.25, 0.3) is 0 Å². The van der Waals surface area contributed by atoms with Crippen molar-refractivity contribution in [2.45, 2.75) is 19.8 Å². The van der Waals surface area contributed by atoms with Gasteiger partial charge in [-0.25, -0.2) is 9.59 Å². The quantitative estimate of drug-likeness (QED) is 0.144. The number of imide groups is 1. The number of fused-ring (bicyclic) bond motifs is 1. The number of rotatable bonds is 7. The Labute approximate surface area is 224 Å². The lowest BCUT2D eigenvalue weighted by molar-refractivity contribution is -0.122. The van der Waals surface area contributed by atoms with E-state index in [0.29, 0.717) is 24.1 Å². The van der Waals surface area contributed by atoms with Crippen LogP contribution in [-0.2, 0) is 14.3 Å². The Kier molecular flexibility index (Phi) is 7.19. The first-order chi connectivity index (χ1) is 18.8. The summed E-state index contributed by atoms with van der Waals surface area (Å²) < 4.78 is 10.5. The number of hydrogen-bond donors (Lipinski definition) is 0. The summed E-state index contributed by atoms with van der Waals surface area (Å²) in [6.45, 7) is 1.44. The fraction of sp³-hybridized carbons (Fsp3) is 0.194. The second-order valence-electron chi connectivity index (χ2n) is 9.54. The Morgan fingerprint density at radius 3 is 2.23 bits per heavy atom. The van der Waals surface area contributed by atoms with Crippen LogP contribution in [0.2, 0.25) is 0 Å². The number of anilines is 1. The van der Waals surface area contributed by atoms with Gasteiger partial charge in [0.2, 0.25) is 11.8 Å². The summed E-state index contributed by atoms with van der Waals surface area (Å²) in [6, 6.07) is 20.5. The number of Topliss-reactive ketones (excluding diaryl/α,β-unsaturated/α-hetero) is 1. The second kappa shape index (κ2) is 10.9. The van der Waals surface area contributed by atoms with Crippen molar-refractivity contribution in [1.29, 1.82) is 0 Å². The van der Waals surface area contributed by atoms with Gasteiger partial charge >= 0.3 is 11.9 Å². The minimum Gasteiger partial charge on any atom is -0.454 e. The normalized spacial score (nSPS) is 18.3. The van der Waals surface area contributed by atoms with Crippen LogP contribution in [0.15, 0.2) is 90.5 Å². The summed E-state index contributed by atoms with van der Waals surface area (Å²) in [5.74, 6) is -2.76. The number of nitrogens with zero attached hydrogens (tertiary/aromatic N) is 1. The molecule has 3 aromatic carbocycles. The number of hydrogen-bond acceptors (Lipinski definition) is 7. The Balaban J connectivity index is 1.19. The third kappa shape index (κ3) is 5.40. The number of carbonyl (C=O) groups is 5. The molecule has 8 nitrogen and oxygen atoms in total. The van der Waals surface area contributed by atoms with E-state index in [1.165, 1.54) is 36.4 Å². The summed E-state index contributed by atoms with van der Waals surface area (Å²) in [4.78, 5) is 64.5. The van der Waals surface area contributed by atoms with Gasteiger partial charge in [0.15, 0.2) is 12.4 Å². The lowest BCUT2D eigenvalue weighted by atomic mass is 9.82. The molecule has 0 spiro atoms. The molecule has 39 heavy (non-hydrogen) atoms. The van der Waals surface area contributed by atoms with Crippen LogP contribution in [0, 0.1) is 11.8 Å². The van der Waals surface area contributed by atoms with E-state index in [1.54, 1.807) is 42.5 Å². The molecule has 8 heteroatoms. The minimum absolute atomic E-state index is 0.119. The number of esters is 2. The molecule has 0 radical (unpaired) electrons. The lowest BCUT2D eigenvalue weighted by Crippen LogP contribution is -2.31. The molecule has 3 aromatic rings. The van der Waals surface area contributed by atoms with Gasteiger partial charge in [0.05, 0.1) is 28.7 Å². The summed E-state index contributed by atoms with van der Waals surface area (Å²) in [5.41, 5.74) is 2.18. The van der Waals surface area contributed by atoms with Gasteiger partial charge in [-0.3, -0.25) is 19.3 Å². The summed E-state index contributed by atoms with van der Waals surface area (Å²) in [5, 5.41) is 0. The number of ether oxygens (including phenoxy) is 2. The molecule has 1 heterocycles. The predicted molar refractivity (Wildman–Crippen MR) is 141 cm³/mol. The van der Waals surface area contributed by atoms with Gasteiger partial charge in [-0.2, -0.15) is 0 Å².